The number of sulfonamides is 1. The molecule has 1 amide bonds. The second-order valence-electron chi connectivity index (χ2n) is 6.94. The molecule has 0 unspecified atom stereocenters. The van der Waals surface area contributed by atoms with E-state index in [2.05, 4.69) is 10.3 Å². The number of aliphatic hydroxyl groups excluding tert-OH is 1. The molecule has 2 N–H and O–H groups in total. The Bertz CT molecular complexity index is 1520. The third-order valence-electron chi connectivity index (χ3n) is 4.92. The second kappa shape index (κ2) is 8.03. The van der Waals surface area contributed by atoms with Crippen LogP contribution in [0, 0.1) is 0 Å². The maximum atomic E-state index is 12.9. The SMILES string of the molecule is CN1C(C(=O)Nc2nc(-c3ccc(-c4ccccc4)o3)cs2)=C(O)c2sc(Cl)cc2S1(=O)=O. The van der Waals surface area contributed by atoms with Gasteiger partial charge in [-0.1, -0.05) is 41.9 Å². The van der Waals surface area contributed by atoms with Gasteiger partial charge < -0.3 is 9.52 Å². The summed E-state index contributed by atoms with van der Waals surface area (Å²) in [4.78, 5) is 17.1. The first-order valence-electron chi connectivity index (χ1n) is 9.40. The van der Waals surface area contributed by atoms with Gasteiger partial charge >= 0.3 is 0 Å². The summed E-state index contributed by atoms with van der Waals surface area (Å²) in [6.07, 6.45) is 0. The van der Waals surface area contributed by atoms with Gasteiger partial charge in [0, 0.05) is 18.0 Å². The first-order valence-corrected chi connectivity index (χ1v) is 12.9. The summed E-state index contributed by atoms with van der Waals surface area (Å²) in [5.74, 6) is -0.0901. The van der Waals surface area contributed by atoms with E-state index in [0.29, 0.717) is 17.2 Å². The lowest BCUT2D eigenvalue weighted by atomic mass is 10.2. The molecule has 0 spiro atoms. The minimum atomic E-state index is -4.03. The number of aliphatic hydroxyl groups is 1. The number of aromatic nitrogens is 1. The first kappa shape index (κ1) is 21.7. The van der Waals surface area contributed by atoms with Gasteiger partial charge in [-0.15, -0.1) is 22.7 Å². The van der Waals surface area contributed by atoms with Crippen molar-refractivity contribution in [1.82, 2.24) is 9.29 Å². The average molecular weight is 520 g/mol. The summed E-state index contributed by atoms with van der Waals surface area (Å²) in [6, 6.07) is 14.4. The molecule has 8 nitrogen and oxygen atoms in total. The highest BCUT2D eigenvalue weighted by Crippen LogP contribution is 2.42. The van der Waals surface area contributed by atoms with E-state index in [1.54, 1.807) is 11.4 Å². The number of carbonyl (C=O) groups is 1. The highest BCUT2D eigenvalue weighted by molar-refractivity contribution is 7.89. The van der Waals surface area contributed by atoms with Crippen molar-refractivity contribution in [2.75, 3.05) is 12.4 Å². The van der Waals surface area contributed by atoms with Gasteiger partial charge in [-0.2, -0.15) is 0 Å². The van der Waals surface area contributed by atoms with Crippen molar-refractivity contribution in [3.63, 3.8) is 0 Å². The number of amides is 1. The van der Waals surface area contributed by atoms with E-state index in [-0.39, 0.29) is 19.2 Å². The molecule has 0 atom stereocenters. The molecular formula is C21H14ClN3O5S3. The lowest BCUT2D eigenvalue weighted by molar-refractivity contribution is -0.113. The van der Waals surface area contributed by atoms with Crippen LogP contribution in [0.3, 0.4) is 0 Å². The fourth-order valence-electron chi connectivity index (χ4n) is 3.31. The minimum absolute atomic E-state index is 0.0205. The van der Waals surface area contributed by atoms with Crippen molar-refractivity contribution in [1.29, 1.82) is 0 Å². The maximum Gasteiger partial charge on any atom is 0.278 e. The van der Waals surface area contributed by atoms with Gasteiger partial charge in [0.25, 0.3) is 15.9 Å². The quantitative estimate of drug-likeness (QED) is 0.379. The van der Waals surface area contributed by atoms with Crippen molar-refractivity contribution >= 4 is 61.1 Å². The van der Waals surface area contributed by atoms with Crippen molar-refractivity contribution in [2.45, 2.75) is 4.90 Å². The smallest absolute Gasteiger partial charge is 0.278 e. The molecule has 168 valence electrons. The standard InChI is InChI=1S/C21H14ClN3O5S3/c1-25-17(18(26)19-15(33(25,28)29)9-16(22)32-19)20(27)24-21-23-12(10-31-21)14-8-7-13(30-14)11-5-3-2-4-6-11/h2-10,26H,1H3,(H,23,24,27). The van der Waals surface area contributed by atoms with E-state index in [9.17, 15) is 18.3 Å². The number of carbonyl (C=O) groups excluding carboxylic acids is 1. The van der Waals surface area contributed by atoms with Gasteiger partial charge in [0.1, 0.15) is 16.3 Å². The molecule has 0 saturated heterocycles. The van der Waals surface area contributed by atoms with E-state index in [4.69, 9.17) is 16.0 Å². The van der Waals surface area contributed by atoms with Gasteiger partial charge in [0.2, 0.25) is 0 Å². The number of furan rings is 1. The highest BCUT2D eigenvalue weighted by atomic mass is 35.5. The average Bonchev–Trinajstić information content (AvgIpc) is 3.53. The van der Waals surface area contributed by atoms with Crippen molar-refractivity contribution in [3.8, 4) is 22.8 Å². The lowest BCUT2D eigenvalue weighted by Crippen LogP contribution is -2.36. The summed E-state index contributed by atoms with van der Waals surface area (Å²) < 4.78 is 32.3. The number of anilines is 1. The Morgan fingerprint density at radius 3 is 2.67 bits per heavy atom. The molecule has 0 saturated carbocycles. The molecule has 0 bridgehead atoms. The fraction of sp³-hybridized carbons (Fsp3) is 0.0476. The number of thiazole rings is 1. The van der Waals surface area contributed by atoms with Crippen LogP contribution in [0.2, 0.25) is 4.34 Å². The molecule has 1 aliphatic rings. The zero-order chi connectivity index (χ0) is 23.3. The number of nitrogens with zero attached hydrogens (tertiary/aromatic N) is 2. The van der Waals surface area contributed by atoms with Gasteiger partial charge in [-0.05, 0) is 18.2 Å². The van der Waals surface area contributed by atoms with Crippen molar-refractivity contribution in [3.05, 3.63) is 68.8 Å². The molecule has 5 rings (SSSR count). The number of nitrogens with one attached hydrogen (secondary N) is 1. The third-order valence-corrected chi connectivity index (χ3v) is 8.86. The highest BCUT2D eigenvalue weighted by Gasteiger charge is 2.39. The number of halogens is 1. The minimum Gasteiger partial charge on any atom is -0.504 e. The topological polar surface area (TPSA) is 113 Å². The lowest BCUT2D eigenvalue weighted by Gasteiger charge is -2.26. The van der Waals surface area contributed by atoms with Crippen LogP contribution >= 0.6 is 34.3 Å². The zero-order valence-corrected chi connectivity index (χ0v) is 20.0. The van der Waals surface area contributed by atoms with Crippen LogP contribution in [0.5, 0.6) is 0 Å². The molecule has 1 aromatic carbocycles. The van der Waals surface area contributed by atoms with Gasteiger partial charge in [0.15, 0.2) is 22.3 Å². The Balaban J connectivity index is 1.41. The van der Waals surface area contributed by atoms with Crippen molar-refractivity contribution in [2.24, 2.45) is 0 Å². The number of thiophene rings is 1. The summed E-state index contributed by atoms with van der Waals surface area (Å²) in [5.41, 5.74) is 1.01. The van der Waals surface area contributed by atoms with E-state index in [1.807, 2.05) is 36.4 Å². The Morgan fingerprint density at radius 2 is 1.91 bits per heavy atom. The molecule has 0 fully saturated rings. The predicted molar refractivity (Wildman–Crippen MR) is 128 cm³/mol. The van der Waals surface area contributed by atoms with E-state index in [1.165, 1.54) is 13.1 Å². The van der Waals surface area contributed by atoms with Crippen LogP contribution in [-0.2, 0) is 14.8 Å². The van der Waals surface area contributed by atoms with E-state index >= 15 is 0 Å². The normalized spacial score (nSPS) is 14.9. The van der Waals surface area contributed by atoms with Gasteiger partial charge in [-0.25, -0.2) is 13.4 Å². The molecule has 1 aliphatic heterocycles. The Labute approximate surface area is 201 Å². The van der Waals surface area contributed by atoms with Crippen LogP contribution in [0.25, 0.3) is 28.5 Å². The third kappa shape index (κ3) is 3.72. The zero-order valence-electron chi connectivity index (χ0n) is 16.8. The van der Waals surface area contributed by atoms with Crippen LogP contribution in [0.1, 0.15) is 4.88 Å². The first-order chi connectivity index (χ1) is 15.8. The molecule has 0 aliphatic carbocycles. The molecule has 12 heteroatoms. The number of hydrogen-bond donors (Lipinski definition) is 2. The summed E-state index contributed by atoms with van der Waals surface area (Å²) in [5, 5.41) is 15.1. The van der Waals surface area contributed by atoms with Crippen LogP contribution in [-0.4, -0.2) is 35.8 Å². The summed E-state index contributed by atoms with van der Waals surface area (Å²) in [6.45, 7) is 0. The molecule has 0 radical (unpaired) electrons. The Kier molecular flexibility index (Phi) is 5.28. The maximum absolute atomic E-state index is 12.9. The summed E-state index contributed by atoms with van der Waals surface area (Å²) >= 11 is 7.95. The van der Waals surface area contributed by atoms with Crippen molar-refractivity contribution < 1.29 is 22.7 Å². The predicted octanol–water partition coefficient (Wildman–Crippen LogP) is 5.28. The Hall–Kier alpha value is -3.12. The summed E-state index contributed by atoms with van der Waals surface area (Å²) in [7, 11) is -2.84. The molecule has 3 aromatic heterocycles. The van der Waals surface area contributed by atoms with Gasteiger partial charge in [0.05, 0.1) is 9.21 Å². The monoisotopic (exact) mass is 519 g/mol. The number of benzene rings is 1. The largest absolute Gasteiger partial charge is 0.504 e. The number of rotatable bonds is 4. The number of fused-ring (bicyclic) bond motifs is 1. The molecule has 4 aromatic rings. The second-order valence-corrected chi connectivity index (χ2v) is 11.4. The fourth-order valence-corrected chi connectivity index (χ4v) is 6.95. The van der Waals surface area contributed by atoms with Crippen LogP contribution in [0.15, 0.2) is 68.9 Å². The van der Waals surface area contributed by atoms with Gasteiger partial charge in [-0.3, -0.25) is 14.4 Å². The van der Waals surface area contributed by atoms with E-state index in [0.717, 1.165) is 32.5 Å². The van der Waals surface area contributed by atoms with Crippen LogP contribution in [0.4, 0.5) is 5.13 Å². The molecule has 4 heterocycles. The molecule has 33 heavy (non-hydrogen) atoms. The van der Waals surface area contributed by atoms with Crippen LogP contribution < -0.4 is 5.32 Å². The van der Waals surface area contributed by atoms with E-state index < -0.39 is 27.4 Å². The number of hydrogen-bond acceptors (Lipinski definition) is 8. The number of likely N-dealkylation sites (N-methyl/N-ethyl adjacent to an activating group) is 1. The Morgan fingerprint density at radius 1 is 1.18 bits per heavy atom. The molecular weight excluding hydrogens is 506 g/mol.